The zero-order valence-electron chi connectivity index (χ0n) is 15.8. The largest absolute Gasteiger partial charge is 0.453 e. The van der Waals surface area contributed by atoms with E-state index in [0.29, 0.717) is 16.8 Å². The van der Waals surface area contributed by atoms with Crippen LogP contribution in [0.15, 0.2) is 36.7 Å². The van der Waals surface area contributed by atoms with E-state index >= 15 is 0 Å². The van der Waals surface area contributed by atoms with Gasteiger partial charge >= 0.3 is 12.4 Å². The number of benzene rings is 1. The summed E-state index contributed by atoms with van der Waals surface area (Å²) in [5.41, 5.74) is -1.59. The molecule has 15 heteroatoms. The first-order valence-corrected chi connectivity index (χ1v) is 8.74. The molecule has 0 fully saturated rings. The van der Waals surface area contributed by atoms with Gasteiger partial charge in [-0.25, -0.2) is 15.0 Å². The molecule has 2 aromatic heterocycles. The second kappa shape index (κ2) is 9.32. The van der Waals surface area contributed by atoms with Crippen LogP contribution in [0.4, 0.5) is 26.3 Å². The van der Waals surface area contributed by atoms with E-state index in [1.807, 2.05) is 0 Å². The van der Waals surface area contributed by atoms with Crippen LogP contribution < -0.4 is 5.32 Å². The Hall–Kier alpha value is -2.87. The molecule has 0 aliphatic heterocycles. The summed E-state index contributed by atoms with van der Waals surface area (Å²) in [7, 11) is 0. The zero-order chi connectivity index (χ0) is 23.0. The number of rotatable bonds is 4. The monoisotopic (exact) mass is 498 g/mol. The number of carbonyl (C=O) groups is 1. The van der Waals surface area contributed by atoms with Gasteiger partial charge in [0.15, 0.2) is 5.82 Å². The number of hydrogen-bond donors (Lipinski definition) is 1. The lowest BCUT2D eigenvalue weighted by Crippen LogP contribution is -2.29. The van der Waals surface area contributed by atoms with Crippen LogP contribution in [0.25, 0.3) is 5.95 Å². The molecule has 0 unspecified atom stereocenters. The van der Waals surface area contributed by atoms with Crippen LogP contribution in [0.2, 0.25) is 5.02 Å². The summed E-state index contributed by atoms with van der Waals surface area (Å²) in [5, 5.41) is 5.29. The molecular weight excluding hydrogens is 486 g/mol. The van der Waals surface area contributed by atoms with E-state index < -0.39 is 41.3 Å². The van der Waals surface area contributed by atoms with Gasteiger partial charge in [-0.05, 0) is 31.2 Å². The molecule has 0 bridgehead atoms. The SMILES string of the molecule is C[C@H](NC(=O)c1cc(Cl)cc(C(F)(F)F)c1)c1nc(C(F)(F)F)nn1-c1ncccn1.S. The molecule has 0 aliphatic rings. The summed E-state index contributed by atoms with van der Waals surface area (Å²) < 4.78 is 78.9. The highest BCUT2D eigenvalue weighted by atomic mass is 35.5. The minimum atomic E-state index is -4.90. The van der Waals surface area contributed by atoms with Gasteiger partial charge in [0.2, 0.25) is 0 Å². The predicted octanol–water partition coefficient (Wildman–Crippen LogP) is 4.35. The van der Waals surface area contributed by atoms with Crippen molar-refractivity contribution in [1.82, 2.24) is 30.0 Å². The molecule has 172 valence electrons. The highest BCUT2D eigenvalue weighted by Crippen LogP contribution is 2.32. The van der Waals surface area contributed by atoms with E-state index in [4.69, 9.17) is 11.6 Å². The van der Waals surface area contributed by atoms with E-state index in [1.54, 1.807) is 0 Å². The van der Waals surface area contributed by atoms with Crippen molar-refractivity contribution in [1.29, 1.82) is 0 Å². The summed E-state index contributed by atoms with van der Waals surface area (Å²) >= 11 is 5.66. The summed E-state index contributed by atoms with van der Waals surface area (Å²) in [5.74, 6) is -3.15. The number of nitrogens with zero attached hydrogens (tertiary/aromatic N) is 5. The van der Waals surface area contributed by atoms with Gasteiger partial charge in [0.25, 0.3) is 17.7 Å². The van der Waals surface area contributed by atoms with Gasteiger partial charge in [-0.3, -0.25) is 4.79 Å². The van der Waals surface area contributed by atoms with Crippen LogP contribution in [0.5, 0.6) is 0 Å². The maximum absolute atomic E-state index is 13.1. The number of alkyl halides is 6. The lowest BCUT2D eigenvalue weighted by molar-refractivity contribution is -0.145. The first-order valence-electron chi connectivity index (χ1n) is 8.36. The molecular formula is C17H13ClF6N6OS. The van der Waals surface area contributed by atoms with Gasteiger partial charge < -0.3 is 5.32 Å². The molecule has 1 atom stereocenters. The van der Waals surface area contributed by atoms with E-state index in [9.17, 15) is 31.1 Å². The zero-order valence-corrected chi connectivity index (χ0v) is 17.6. The molecule has 1 aromatic carbocycles. The molecule has 1 N–H and O–H groups in total. The van der Waals surface area contributed by atoms with Crippen molar-refractivity contribution >= 4 is 31.0 Å². The Labute approximate surface area is 188 Å². The maximum Gasteiger partial charge on any atom is 0.453 e. The molecule has 7 nitrogen and oxygen atoms in total. The molecule has 0 aliphatic carbocycles. The van der Waals surface area contributed by atoms with Crippen LogP contribution in [-0.2, 0) is 12.4 Å². The van der Waals surface area contributed by atoms with E-state index in [2.05, 4.69) is 25.4 Å². The van der Waals surface area contributed by atoms with Crippen molar-refractivity contribution in [3.8, 4) is 5.95 Å². The molecule has 0 saturated carbocycles. The average molecular weight is 499 g/mol. The molecule has 0 spiro atoms. The van der Waals surface area contributed by atoms with E-state index in [0.717, 1.165) is 6.07 Å². The average Bonchev–Trinajstić information content (AvgIpc) is 3.13. The molecule has 3 aromatic rings. The van der Waals surface area contributed by atoms with Gasteiger partial charge in [-0.15, -0.1) is 5.10 Å². The standard InChI is InChI=1S/C17H11ClF6N6O.H2S/c1-8(27-13(31)9-5-10(16(19,20)21)7-11(18)6-9)12-28-14(17(22,23)24)29-30(12)15-25-3-2-4-26-15;/h2-8H,1H3,(H,27,31);1H2/t8-;/m0./s1. The third-order valence-electron chi connectivity index (χ3n) is 3.85. The molecule has 0 radical (unpaired) electrons. The lowest BCUT2D eigenvalue weighted by Gasteiger charge is -2.15. The predicted molar refractivity (Wildman–Crippen MR) is 105 cm³/mol. The number of amides is 1. The van der Waals surface area contributed by atoms with Gasteiger partial charge in [-0.2, -0.15) is 44.5 Å². The first kappa shape index (κ1) is 25.4. The Morgan fingerprint density at radius 3 is 2.25 bits per heavy atom. The number of aromatic nitrogens is 5. The maximum atomic E-state index is 13.1. The van der Waals surface area contributed by atoms with Gasteiger partial charge in [0.1, 0.15) is 0 Å². The highest BCUT2D eigenvalue weighted by molar-refractivity contribution is 7.59. The van der Waals surface area contributed by atoms with Crippen LogP contribution >= 0.6 is 25.1 Å². The number of hydrogen-bond acceptors (Lipinski definition) is 5. The number of halogens is 7. The normalized spacial score (nSPS) is 12.8. The Bertz CT molecular complexity index is 1110. The number of nitrogens with one attached hydrogen (secondary N) is 1. The molecule has 1 amide bonds. The fraction of sp³-hybridized carbons (Fsp3) is 0.235. The second-order valence-electron chi connectivity index (χ2n) is 6.17. The Balaban J connectivity index is 0.00000363. The fourth-order valence-corrected chi connectivity index (χ4v) is 2.74. The molecule has 2 heterocycles. The third-order valence-corrected chi connectivity index (χ3v) is 4.07. The smallest absolute Gasteiger partial charge is 0.342 e. The molecule has 32 heavy (non-hydrogen) atoms. The van der Waals surface area contributed by atoms with Crippen molar-refractivity contribution in [2.45, 2.75) is 25.3 Å². The highest BCUT2D eigenvalue weighted by Gasteiger charge is 2.38. The van der Waals surface area contributed by atoms with Crippen LogP contribution in [-0.4, -0.2) is 30.6 Å². The Kier molecular flexibility index (Phi) is 7.40. The van der Waals surface area contributed by atoms with Gasteiger partial charge in [-0.1, -0.05) is 11.6 Å². The molecule has 0 saturated heterocycles. The second-order valence-corrected chi connectivity index (χ2v) is 6.61. The van der Waals surface area contributed by atoms with Crippen LogP contribution in [0, 0.1) is 0 Å². The summed E-state index contributed by atoms with van der Waals surface area (Å²) in [4.78, 5) is 23.5. The van der Waals surface area contributed by atoms with Gasteiger partial charge in [0.05, 0.1) is 11.6 Å². The molecule has 3 rings (SSSR count). The fourth-order valence-electron chi connectivity index (χ4n) is 2.50. The van der Waals surface area contributed by atoms with Crippen molar-refractivity contribution in [2.75, 3.05) is 0 Å². The minimum Gasteiger partial charge on any atom is -0.342 e. The van der Waals surface area contributed by atoms with E-state index in [1.165, 1.54) is 25.4 Å². The van der Waals surface area contributed by atoms with Crippen LogP contribution in [0.1, 0.15) is 40.5 Å². The summed E-state index contributed by atoms with van der Waals surface area (Å²) in [6, 6.07) is 2.41. The lowest BCUT2D eigenvalue weighted by atomic mass is 10.1. The number of carbonyl (C=O) groups excluding carboxylic acids is 1. The van der Waals surface area contributed by atoms with Crippen LogP contribution in [0.3, 0.4) is 0 Å². The topological polar surface area (TPSA) is 85.6 Å². The van der Waals surface area contributed by atoms with Crippen molar-refractivity contribution in [2.24, 2.45) is 0 Å². The van der Waals surface area contributed by atoms with Crippen molar-refractivity contribution in [3.05, 3.63) is 64.5 Å². The summed E-state index contributed by atoms with van der Waals surface area (Å²) in [6.07, 6.45) is -7.13. The van der Waals surface area contributed by atoms with E-state index in [-0.39, 0.29) is 30.3 Å². The third kappa shape index (κ3) is 5.68. The first-order chi connectivity index (χ1) is 14.4. The van der Waals surface area contributed by atoms with Crippen molar-refractivity contribution in [3.63, 3.8) is 0 Å². The van der Waals surface area contributed by atoms with Gasteiger partial charge in [0, 0.05) is 23.0 Å². The van der Waals surface area contributed by atoms with Crippen molar-refractivity contribution < 1.29 is 31.1 Å². The Morgan fingerprint density at radius 2 is 1.69 bits per heavy atom. The summed E-state index contributed by atoms with van der Waals surface area (Å²) in [6.45, 7) is 1.27. The quantitative estimate of drug-likeness (QED) is 0.541. The minimum absolute atomic E-state index is 0. The Morgan fingerprint density at radius 1 is 1.06 bits per heavy atom.